The molecular weight excluding hydrogens is 218 g/mol. The molecule has 1 aromatic rings. The van der Waals surface area contributed by atoms with Crippen molar-refractivity contribution in [3.8, 4) is 6.07 Å². The highest BCUT2D eigenvalue weighted by Crippen LogP contribution is 2.21. The highest BCUT2D eigenvalue weighted by atomic mass is 32.2. The smallest absolute Gasteiger partial charge is 0.0683 e. The number of rotatable bonds is 5. The summed E-state index contributed by atoms with van der Waals surface area (Å²) in [4.78, 5) is 0.872. The monoisotopic (exact) mass is 235 g/mol. The minimum Gasteiger partial charge on any atom is -0.254 e. The molecule has 16 heavy (non-hydrogen) atoms. The number of hydrogen-bond acceptors (Lipinski definition) is 2. The molecule has 0 saturated heterocycles. The Bertz CT molecular complexity index is 392. The minimum atomic E-state index is -0.929. The summed E-state index contributed by atoms with van der Waals surface area (Å²) in [5.41, 5.74) is -0.305. The van der Waals surface area contributed by atoms with Gasteiger partial charge in [0.25, 0.3) is 0 Å². The van der Waals surface area contributed by atoms with Gasteiger partial charge in [0.2, 0.25) is 0 Å². The van der Waals surface area contributed by atoms with E-state index in [1.807, 2.05) is 44.2 Å². The van der Waals surface area contributed by atoms with Crippen molar-refractivity contribution in [3.63, 3.8) is 0 Å². The largest absolute Gasteiger partial charge is 0.254 e. The van der Waals surface area contributed by atoms with Crippen LogP contribution >= 0.6 is 0 Å². The van der Waals surface area contributed by atoms with Crippen molar-refractivity contribution in [2.24, 2.45) is 5.41 Å². The third-order valence-corrected chi connectivity index (χ3v) is 3.90. The average molecular weight is 235 g/mol. The summed E-state index contributed by atoms with van der Waals surface area (Å²) in [6, 6.07) is 11.7. The SMILES string of the molecule is CC(C)(C#N)CCCS(=O)c1ccccc1. The molecule has 3 heteroatoms. The van der Waals surface area contributed by atoms with Crippen LogP contribution in [0, 0.1) is 16.7 Å². The van der Waals surface area contributed by atoms with E-state index in [1.165, 1.54) is 0 Å². The summed E-state index contributed by atoms with van der Waals surface area (Å²) >= 11 is 0. The van der Waals surface area contributed by atoms with E-state index < -0.39 is 10.8 Å². The van der Waals surface area contributed by atoms with Gasteiger partial charge in [-0.2, -0.15) is 5.26 Å². The van der Waals surface area contributed by atoms with Crippen LogP contribution in [0.15, 0.2) is 35.2 Å². The second kappa shape index (κ2) is 5.81. The van der Waals surface area contributed by atoms with Crippen LogP contribution in [-0.2, 0) is 10.8 Å². The summed E-state index contributed by atoms with van der Waals surface area (Å²) in [7, 11) is -0.929. The van der Waals surface area contributed by atoms with Gasteiger partial charge in [0.15, 0.2) is 0 Å². The lowest BCUT2D eigenvalue weighted by Gasteiger charge is -2.13. The lowest BCUT2D eigenvalue weighted by atomic mass is 9.90. The molecule has 1 aromatic carbocycles. The Morgan fingerprint density at radius 2 is 1.94 bits per heavy atom. The van der Waals surface area contributed by atoms with Crippen molar-refractivity contribution in [2.75, 3.05) is 5.75 Å². The fourth-order valence-electron chi connectivity index (χ4n) is 1.39. The maximum Gasteiger partial charge on any atom is 0.0683 e. The predicted octanol–water partition coefficient (Wildman–Crippen LogP) is 3.12. The topological polar surface area (TPSA) is 40.9 Å². The van der Waals surface area contributed by atoms with E-state index in [-0.39, 0.29) is 5.41 Å². The molecule has 0 N–H and O–H groups in total. The molecular formula is C13H17NOS. The van der Waals surface area contributed by atoms with Crippen LogP contribution in [0.25, 0.3) is 0 Å². The van der Waals surface area contributed by atoms with Crippen molar-refractivity contribution in [2.45, 2.75) is 31.6 Å². The Hall–Kier alpha value is -1.14. The van der Waals surface area contributed by atoms with Crippen LogP contribution in [0.3, 0.4) is 0 Å². The molecule has 0 aliphatic heterocycles. The molecule has 2 nitrogen and oxygen atoms in total. The third kappa shape index (κ3) is 4.16. The van der Waals surface area contributed by atoms with Gasteiger partial charge in [-0.05, 0) is 38.8 Å². The molecule has 0 aliphatic carbocycles. The summed E-state index contributed by atoms with van der Waals surface area (Å²) in [5.74, 6) is 0.634. The van der Waals surface area contributed by atoms with E-state index >= 15 is 0 Å². The molecule has 0 saturated carbocycles. The van der Waals surface area contributed by atoms with Gasteiger partial charge >= 0.3 is 0 Å². The Morgan fingerprint density at radius 3 is 2.50 bits per heavy atom. The van der Waals surface area contributed by atoms with E-state index in [0.29, 0.717) is 5.75 Å². The molecule has 0 aromatic heterocycles. The van der Waals surface area contributed by atoms with Gasteiger partial charge in [-0.15, -0.1) is 0 Å². The van der Waals surface area contributed by atoms with Gasteiger partial charge < -0.3 is 0 Å². The third-order valence-electron chi connectivity index (χ3n) is 2.44. The lowest BCUT2D eigenvalue weighted by molar-refractivity contribution is 0.447. The Morgan fingerprint density at radius 1 is 1.31 bits per heavy atom. The second-order valence-corrected chi connectivity index (χ2v) is 6.03. The first-order valence-corrected chi connectivity index (χ1v) is 6.72. The predicted molar refractivity (Wildman–Crippen MR) is 66.3 cm³/mol. The van der Waals surface area contributed by atoms with E-state index in [9.17, 15) is 4.21 Å². The first-order chi connectivity index (χ1) is 7.55. The zero-order valence-corrected chi connectivity index (χ0v) is 10.6. The van der Waals surface area contributed by atoms with E-state index in [0.717, 1.165) is 17.7 Å². The maximum absolute atomic E-state index is 11.8. The van der Waals surface area contributed by atoms with Crippen LogP contribution in [0.4, 0.5) is 0 Å². The Labute approximate surface area is 99.8 Å². The van der Waals surface area contributed by atoms with Crippen LogP contribution in [-0.4, -0.2) is 9.96 Å². The molecule has 0 radical (unpaired) electrons. The number of hydrogen-bond donors (Lipinski definition) is 0. The van der Waals surface area contributed by atoms with Gasteiger partial charge in [-0.1, -0.05) is 18.2 Å². The molecule has 1 rings (SSSR count). The van der Waals surface area contributed by atoms with Crippen LogP contribution < -0.4 is 0 Å². The number of benzene rings is 1. The van der Waals surface area contributed by atoms with Gasteiger partial charge in [0.1, 0.15) is 0 Å². The Kier molecular flexibility index (Phi) is 4.70. The highest BCUT2D eigenvalue weighted by Gasteiger charge is 2.16. The Balaban J connectivity index is 2.41. The zero-order valence-electron chi connectivity index (χ0n) is 9.77. The number of nitriles is 1. The van der Waals surface area contributed by atoms with E-state index in [2.05, 4.69) is 6.07 Å². The summed E-state index contributed by atoms with van der Waals surface area (Å²) in [6.45, 7) is 3.83. The van der Waals surface area contributed by atoms with Crippen molar-refractivity contribution in [3.05, 3.63) is 30.3 Å². The second-order valence-electron chi connectivity index (χ2n) is 4.46. The van der Waals surface area contributed by atoms with Crippen LogP contribution in [0.2, 0.25) is 0 Å². The average Bonchev–Trinajstić information content (AvgIpc) is 2.30. The van der Waals surface area contributed by atoms with E-state index in [4.69, 9.17) is 5.26 Å². The summed E-state index contributed by atoms with van der Waals surface area (Å²) in [6.07, 6.45) is 1.62. The van der Waals surface area contributed by atoms with Crippen LogP contribution in [0.5, 0.6) is 0 Å². The van der Waals surface area contributed by atoms with Crippen LogP contribution in [0.1, 0.15) is 26.7 Å². The molecule has 0 aliphatic rings. The first kappa shape index (κ1) is 12.9. The lowest BCUT2D eigenvalue weighted by Crippen LogP contribution is -2.09. The van der Waals surface area contributed by atoms with Gasteiger partial charge in [-0.25, -0.2) is 0 Å². The van der Waals surface area contributed by atoms with Gasteiger partial charge in [0.05, 0.1) is 22.3 Å². The molecule has 1 atom stereocenters. The molecule has 0 heterocycles. The molecule has 0 amide bonds. The van der Waals surface area contributed by atoms with Crippen molar-refractivity contribution in [1.29, 1.82) is 5.26 Å². The molecule has 86 valence electrons. The number of nitrogens with zero attached hydrogens (tertiary/aromatic N) is 1. The highest BCUT2D eigenvalue weighted by molar-refractivity contribution is 7.85. The molecule has 0 spiro atoms. The minimum absolute atomic E-state index is 0.305. The quantitative estimate of drug-likeness (QED) is 0.786. The van der Waals surface area contributed by atoms with Crippen molar-refractivity contribution in [1.82, 2.24) is 0 Å². The standard InChI is InChI=1S/C13H17NOS/c1-13(2,11-14)9-6-10-16(15)12-7-4-3-5-8-12/h3-5,7-8H,6,9-10H2,1-2H3. The zero-order chi connectivity index (χ0) is 12.0. The first-order valence-electron chi connectivity index (χ1n) is 5.40. The van der Waals surface area contributed by atoms with Crippen molar-refractivity contribution < 1.29 is 4.21 Å². The molecule has 0 bridgehead atoms. The molecule has 0 fully saturated rings. The summed E-state index contributed by atoms with van der Waals surface area (Å²) in [5, 5.41) is 8.85. The van der Waals surface area contributed by atoms with Crippen molar-refractivity contribution >= 4 is 10.8 Å². The fourth-order valence-corrected chi connectivity index (χ4v) is 2.49. The van der Waals surface area contributed by atoms with Gasteiger partial charge in [-0.3, -0.25) is 4.21 Å². The maximum atomic E-state index is 11.8. The normalized spacial score (nSPS) is 13.1. The van der Waals surface area contributed by atoms with E-state index in [1.54, 1.807) is 0 Å². The summed E-state index contributed by atoms with van der Waals surface area (Å²) < 4.78 is 11.8. The van der Waals surface area contributed by atoms with Gasteiger partial charge in [0, 0.05) is 10.6 Å². The molecule has 1 unspecified atom stereocenters. The fraction of sp³-hybridized carbons (Fsp3) is 0.462.